The van der Waals surface area contributed by atoms with Gasteiger partial charge in [0.05, 0.1) is 12.6 Å². The van der Waals surface area contributed by atoms with Gasteiger partial charge in [0.25, 0.3) is 5.91 Å². The first-order valence-electron chi connectivity index (χ1n) is 17.7. The van der Waals surface area contributed by atoms with Gasteiger partial charge in [-0.1, -0.05) is 55.8 Å². The van der Waals surface area contributed by atoms with Crippen LogP contribution in [-0.2, 0) is 24.7 Å². The maximum absolute atomic E-state index is 13.1. The minimum Gasteiger partial charge on any atom is -0.467 e. The molecule has 2 fully saturated rings. The van der Waals surface area contributed by atoms with Crippen LogP contribution in [0.15, 0.2) is 48.5 Å². The lowest BCUT2D eigenvalue weighted by molar-refractivity contribution is -0.154. The Balaban J connectivity index is 1.19. The molecule has 0 radical (unpaired) electrons. The first kappa shape index (κ1) is 40.0. The molecule has 3 aromatic rings. The molecule has 0 bridgehead atoms. The average molecular weight is 775 g/mol. The monoisotopic (exact) mass is 774 g/mol. The number of nitrogens with zero attached hydrogens (tertiary/aromatic N) is 3. The molecule has 2 aliphatic carbocycles. The minimum atomic E-state index is -4.63. The van der Waals surface area contributed by atoms with Gasteiger partial charge in [-0.3, -0.25) is 14.4 Å². The summed E-state index contributed by atoms with van der Waals surface area (Å²) in [6.45, 7) is -1.70. The highest BCUT2D eigenvalue weighted by molar-refractivity contribution is 6.35. The van der Waals surface area contributed by atoms with Crippen molar-refractivity contribution in [1.29, 1.82) is 0 Å². The van der Waals surface area contributed by atoms with E-state index in [0.717, 1.165) is 51.2 Å². The van der Waals surface area contributed by atoms with Crippen LogP contribution in [0, 0.1) is 0 Å². The maximum Gasteiger partial charge on any atom is 0.422 e. The minimum absolute atomic E-state index is 0.0196. The number of rotatable bonds is 14. The Morgan fingerprint density at radius 3 is 2.17 bits per heavy atom. The fraction of sp³-hybridized carbons (Fsp3) is 0.472. The molecule has 1 atom stereocenters. The summed E-state index contributed by atoms with van der Waals surface area (Å²) in [7, 11) is 1.16. The molecule has 5 rings (SSSR count). The number of anilines is 3. The highest BCUT2D eigenvalue weighted by Gasteiger charge is 2.45. The van der Waals surface area contributed by atoms with E-state index in [4.69, 9.17) is 21.1 Å². The molecule has 0 aliphatic heterocycles. The molecule has 14 nitrogen and oxygen atoms in total. The number of nitrogens with one attached hydrogen (secondary N) is 5. The number of amides is 3. The Hall–Kier alpha value is -5.19. The van der Waals surface area contributed by atoms with Gasteiger partial charge in [0.1, 0.15) is 6.04 Å². The van der Waals surface area contributed by atoms with Crippen LogP contribution in [0.4, 0.5) is 30.8 Å². The molecule has 18 heteroatoms. The van der Waals surface area contributed by atoms with Crippen LogP contribution in [0.3, 0.4) is 0 Å². The first-order valence-corrected chi connectivity index (χ1v) is 18.0. The molecule has 0 saturated heterocycles. The second kappa shape index (κ2) is 18.2. The maximum atomic E-state index is 13.1. The Morgan fingerprint density at radius 1 is 0.889 bits per heavy atom. The smallest absolute Gasteiger partial charge is 0.422 e. The molecular formula is C36H42ClF3N8O6. The van der Waals surface area contributed by atoms with Gasteiger partial charge in [-0.15, -0.1) is 0 Å². The number of benzene rings is 2. The van der Waals surface area contributed by atoms with E-state index < -0.39 is 54.1 Å². The van der Waals surface area contributed by atoms with E-state index in [9.17, 15) is 32.3 Å². The van der Waals surface area contributed by atoms with Gasteiger partial charge in [0.15, 0.2) is 6.61 Å². The number of carbonyl (C=O) groups is 4. The molecule has 5 N–H and O–H groups in total. The summed E-state index contributed by atoms with van der Waals surface area (Å²) in [5.74, 6) is -3.09. The van der Waals surface area contributed by atoms with E-state index in [1.165, 1.54) is 30.7 Å². The van der Waals surface area contributed by atoms with E-state index in [-0.39, 0.29) is 36.5 Å². The predicted octanol–water partition coefficient (Wildman–Crippen LogP) is 5.32. The second-order valence-corrected chi connectivity index (χ2v) is 13.6. The van der Waals surface area contributed by atoms with E-state index in [0.29, 0.717) is 23.6 Å². The van der Waals surface area contributed by atoms with Crippen LogP contribution in [0.1, 0.15) is 80.1 Å². The van der Waals surface area contributed by atoms with Crippen molar-refractivity contribution >= 4 is 52.9 Å². The number of alkyl halides is 3. The van der Waals surface area contributed by atoms with E-state index in [1.807, 2.05) is 12.1 Å². The molecule has 0 spiro atoms. The van der Waals surface area contributed by atoms with E-state index >= 15 is 0 Å². The molecular weight excluding hydrogens is 733 g/mol. The zero-order chi connectivity index (χ0) is 38.7. The van der Waals surface area contributed by atoms with Crippen molar-refractivity contribution in [2.45, 2.75) is 88.0 Å². The van der Waals surface area contributed by atoms with Crippen molar-refractivity contribution in [3.8, 4) is 6.01 Å². The quantitative estimate of drug-likeness (QED) is 0.106. The zero-order valence-electron chi connectivity index (χ0n) is 29.6. The third-order valence-corrected chi connectivity index (χ3v) is 9.29. The predicted molar refractivity (Wildman–Crippen MR) is 192 cm³/mol. The van der Waals surface area contributed by atoms with Crippen molar-refractivity contribution in [2.24, 2.45) is 0 Å². The molecule has 2 saturated carbocycles. The fourth-order valence-corrected chi connectivity index (χ4v) is 6.13. The Kier molecular flexibility index (Phi) is 13.5. The van der Waals surface area contributed by atoms with Crippen LogP contribution in [-0.4, -0.2) is 77.2 Å². The summed E-state index contributed by atoms with van der Waals surface area (Å²) < 4.78 is 48.5. The summed E-state index contributed by atoms with van der Waals surface area (Å²) >= 11 is 6.03. The molecule has 2 aliphatic rings. The normalized spacial score (nSPS) is 16.1. The van der Waals surface area contributed by atoms with Gasteiger partial charge in [-0.2, -0.15) is 28.1 Å². The summed E-state index contributed by atoms with van der Waals surface area (Å²) in [6, 6.07) is 11.3. The Labute approximate surface area is 314 Å². The molecule has 1 aromatic heterocycles. The van der Waals surface area contributed by atoms with Crippen molar-refractivity contribution < 1.29 is 41.8 Å². The SMILES string of the molecule is COC(=O)[C@H](CCNC(=O)C(=O)NC1CCCCCCC1)NC(=O)c1ccc(Nc2nc(NC3(c4ccc(Cl)cc4)CC3)nc(OCC(F)(F)F)n2)cc1. The van der Waals surface area contributed by atoms with Gasteiger partial charge < -0.3 is 36.1 Å². The lowest BCUT2D eigenvalue weighted by atomic mass is 9.97. The van der Waals surface area contributed by atoms with Crippen LogP contribution in [0.2, 0.25) is 5.02 Å². The molecule has 54 heavy (non-hydrogen) atoms. The molecule has 2 aromatic carbocycles. The molecule has 3 amide bonds. The van der Waals surface area contributed by atoms with Gasteiger partial charge >= 0.3 is 30.0 Å². The first-order chi connectivity index (χ1) is 25.8. The van der Waals surface area contributed by atoms with Crippen molar-refractivity contribution in [3.63, 3.8) is 0 Å². The van der Waals surface area contributed by atoms with Gasteiger partial charge in [0, 0.05) is 28.9 Å². The lowest BCUT2D eigenvalue weighted by Gasteiger charge is -2.21. The summed E-state index contributed by atoms with van der Waals surface area (Å²) in [5, 5.41) is 14.5. The molecule has 0 unspecified atom stereocenters. The molecule has 290 valence electrons. The number of esters is 1. The van der Waals surface area contributed by atoms with E-state index in [1.54, 1.807) is 12.1 Å². The summed E-state index contributed by atoms with van der Waals surface area (Å²) in [6.07, 6.45) is 3.73. The Morgan fingerprint density at radius 2 is 1.54 bits per heavy atom. The van der Waals surface area contributed by atoms with Crippen LogP contribution >= 0.6 is 11.6 Å². The average Bonchev–Trinajstić information content (AvgIpc) is 3.91. The van der Waals surface area contributed by atoms with Crippen molar-refractivity contribution in [1.82, 2.24) is 30.9 Å². The lowest BCUT2D eigenvalue weighted by Crippen LogP contribution is -2.47. The Bertz CT molecular complexity index is 1770. The highest BCUT2D eigenvalue weighted by atomic mass is 35.5. The summed E-state index contributed by atoms with van der Waals surface area (Å²) in [5.41, 5.74) is 0.878. The van der Waals surface area contributed by atoms with Crippen LogP contribution in [0.25, 0.3) is 0 Å². The number of ether oxygens (including phenoxy) is 2. The largest absolute Gasteiger partial charge is 0.467 e. The topological polar surface area (TPSA) is 186 Å². The number of carbonyl (C=O) groups excluding carboxylic acids is 4. The van der Waals surface area contributed by atoms with Gasteiger partial charge in [-0.05, 0) is 74.1 Å². The standard InChI is InChI=1S/C36H42ClF3N8O6/c1-53-31(52)27(17-20-41-29(50)30(51)42-25-7-5-3-2-4-6-8-25)44-28(49)22-9-15-26(16-10-22)43-32-45-33(47-34(46-32)54-21-36(38,39)40)48-35(18-19-35)23-11-13-24(37)14-12-23/h9-16,25,27H,2-8,17-21H2,1H3,(H,41,50)(H,42,51)(H,44,49)(H2,43,45,46,47,48)/t27-/m0/s1. The fourth-order valence-electron chi connectivity index (χ4n) is 6.00. The van der Waals surface area contributed by atoms with Gasteiger partial charge in [0.2, 0.25) is 11.9 Å². The summed E-state index contributed by atoms with van der Waals surface area (Å²) in [4.78, 5) is 62.8. The van der Waals surface area contributed by atoms with Crippen molar-refractivity contribution in [3.05, 3.63) is 64.7 Å². The number of hydrogen-bond acceptors (Lipinski definition) is 11. The number of aromatic nitrogens is 3. The number of hydrogen-bond donors (Lipinski definition) is 5. The zero-order valence-corrected chi connectivity index (χ0v) is 30.3. The second-order valence-electron chi connectivity index (χ2n) is 13.2. The molecule has 1 heterocycles. The third-order valence-electron chi connectivity index (χ3n) is 9.04. The third kappa shape index (κ3) is 11.9. The number of halogens is 4. The van der Waals surface area contributed by atoms with Gasteiger partial charge in [-0.25, -0.2) is 4.79 Å². The van der Waals surface area contributed by atoms with Crippen LogP contribution < -0.4 is 31.3 Å². The van der Waals surface area contributed by atoms with E-state index in [2.05, 4.69) is 41.5 Å². The van der Waals surface area contributed by atoms with Crippen molar-refractivity contribution in [2.75, 3.05) is 30.9 Å². The van der Waals surface area contributed by atoms with Crippen LogP contribution in [0.5, 0.6) is 6.01 Å². The highest BCUT2D eigenvalue weighted by Crippen LogP contribution is 2.48. The number of methoxy groups -OCH3 is 1.